The molecule has 0 bridgehead atoms. The molecule has 4 heteroatoms. The van der Waals surface area contributed by atoms with Crippen molar-refractivity contribution in [3.63, 3.8) is 0 Å². The second kappa shape index (κ2) is 7.81. The van der Waals surface area contributed by atoms with Gasteiger partial charge in [-0.15, -0.1) is 0 Å². The van der Waals surface area contributed by atoms with E-state index < -0.39 is 11.4 Å². The molecule has 0 aromatic heterocycles. The summed E-state index contributed by atoms with van der Waals surface area (Å²) < 4.78 is 0. The maximum atomic E-state index is 11.7. The van der Waals surface area contributed by atoms with Crippen LogP contribution in [0.1, 0.15) is 44.2 Å². The van der Waals surface area contributed by atoms with Gasteiger partial charge in [-0.2, -0.15) is 0 Å². The van der Waals surface area contributed by atoms with Gasteiger partial charge in [0, 0.05) is 13.0 Å². The molecule has 2 N–H and O–H groups in total. The van der Waals surface area contributed by atoms with E-state index in [4.69, 9.17) is 5.11 Å². The molecule has 0 heterocycles. The first-order valence-electron chi connectivity index (χ1n) is 7.37. The van der Waals surface area contributed by atoms with Crippen molar-refractivity contribution < 1.29 is 14.7 Å². The Morgan fingerprint density at radius 2 is 1.76 bits per heavy atom. The standard InChI is InChI=1S/C17H25NO3/c1-13-8-10-14(11-9-13)6-4-5-7-15(19)18-12-17(2,3)16(20)21/h8-11H,4-7,12H2,1-3H3,(H,18,19)(H,20,21). The fourth-order valence-corrected chi connectivity index (χ4v) is 1.85. The van der Waals surface area contributed by atoms with Crippen LogP contribution in [0.15, 0.2) is 24.3 Å². The summed E-state index contributed by atoms with van der Waals surface area (Å²) in [6.07, 6.45) is 3.18. The van der Waals surface area contributed by atoms with E-state index in [0.29, 0.717) is 6.42 Å². The van der Waals surface area contributed by atoms with E-state index in [1.54, 1.807) is 13.8 Å². The fraction of sp³-hybridized carbons (Fsp3) is 0.529. The molecule has 1 aromatic carbocycles. The van der Waals surface area contributed by atoms with Crippen LogP contribution in [0, 0.1) is 12.3 Å². The summed E-state index contributed by atoms with van der Waals surface area (Å²) in [6, 6.07) is 8.42. The van der Waals surface area contributed by atoms with Crippen LogP contribution in [0.4, 0.5) is 0 Å². The number of amides is 1. The van der Waals surface area contributed by atoms with Crippen molar-refractivity contribution >= 4 is 11.9 Å². The fourth-order valence-electron chi connectivity index (χ4n) is 1.85. The van der Waals surface area contributed by atoms with Crippen molar-refractivity contribution in [2.75, 3.05) is 6.54 Å². The number of carbonyl (C=O) groups excluding carboxylic acids is 1. The molecule has 21 heavy (non-hydrogen) atoms. The van der Waals surface area contributed by atoms with Crippen LogP contribution >= 0.6 is 0 Å². The van der Waals surface area contributed by atoms with E-state index in [9.17, 15) is 9.59 Å². The van der Waals surface area contributed by atoms with Crippen molar-refractivity contribution in [1.29, 1.82) is 0 Å². The van der Waals surface area contributed by atoms with Crippen LogP contribution in [0.5, 0.6) is 0 Å². The maximum absolute atomic E-state index is 11.7. The minimum atomic E-state index is -0.919. The Kier molecular flexibility index (Phi) is 6.40. The Balaban J connectivity index is 2.19. The van der Waals surface area contributed by atoms with E-state index in [2.05, 4.69) is 36.5 Å². The normalized spacial score (nSPS) is 11.2. The summed E-state index contributed by atoms with van der Waals surface area (Å²) in [5.41, 5.74) is 1.62. The second-order valence-corrected chi connectivity index (χ2v) is 6.16. The molecular formula is C17H25NO3. The van der Waals surface area contributed by atoms with Gasteiger partial charge in [0.25, 0.3) is 0 Å². The van der Waals surface area contributed by atoms with Gasteiger partial charge in [0.2, 0.25) is 5.91 Å². The topological polar surface area (TPSA) is 66.4 Å². The molecule has 1 amide bonds. The van der Waals surface area contributed by atoms with Gasteiger partial charge in [0.15, 0.2) is 0 Å². The third-order valence-corrected chi connectivity index (χ3v) is 3.55. The van der Waals surface area contributed by atoms with Gasteiger partial charge < -0.3 is 10.4 Å². The molecule has 0 aliphatic carbocycles. The van der Waals surface area contributed by atoms with Gasteiger partial charge in [-0.1, -0.05) is 29.8 Å². The molecule has 0 aliphatic rings. The maximum Gasteiger partial charge on any atom is 0.310 e. The van der Waals surface area contributed by atoms with Crippen molar-refractivity contribution in [1.82, 2.24) is 5.32 Å². The average molecular weight is 291 g/mol. The molecule has 0 spiro atoms. The summed E-state index contributed by atoms with van der Waals surface area (Å²) in [4.78, 5) is 22.6. The SMILES string of the molecule is Cc1ccc(CCCCC(=O)NCC(C)(C)C(=O)O)cc1. The Labute approximate surface area is 126 Å². The number of carboxylic acids is 1. The average Bonchev–Trinajstić information content (AvgIpc) is 2.43. The number of unbranched alkanes of at least 4 members (excludes halogenated alkanes) is 1. The zero-order valence-electron chi connectivity index (χ0n) is 13.1. The molecule has 0 aliphatic heterocycles. The molecule has 0 saturated heterocycles. The van der Waals surface area contributed by atoms with Crippen LogP contribution in [0.3, 0.4) is 0 Å². The quantitative estimate of drug-likeness (QED) is 0.724. The third-order valence-electron chi connectivity index (χ3n) is 3.55. The minimum absolute atomic E-state index is 0.0757. The lowest BCUT2D eigenvalue weighted by Crippen LogP contribution is -2.38. The van der Waals surface area contributed by atoms with Crippen molar-refractivity contribution in [2.45, 2.75) is 46.5 Å². The van der Waals surface area contributed by atoms with E-state index in [0.717, 1.165) is 19.3 Å². The lowest BCUT2D eigenvalue weighted by atomic mass is 9.94. The van der Waals surface area contributed by atoms with Gasteiger partial charge in [-0.25, -0.2) is 0 Å². The van der Waals surface area contributed by atoms with Crippen molar-refractivity contribution in [2.24, 2.45) is 5.41 Å². The van der Waals surface area contributed by atoms with Crippen LogP contribution < -0.4 is 5.32 Å². The number of rotatable bonds is 8. The molecule has 0 saturated carbocycles. The van der Waals surface area contributed by atoms with Gasteiger partial charge in [-0.05, 0) is 45.6 Å². The molecular weight excluding hydrogens is 266 g/mol. The number of carbonyl (C=O) groups is 2. The summed E-state index contributed by atoms with van der Waals surface area (Å²) in [5, 5.41) is 11.7. The van der Waals surface area contributed by atoms with E-state index in [1.165, 1.54) is 11.1 Å². The lowest BCUT2D eigenvalue weighted by Gasteiger charge is -2.19. The van der Waals surface area contributed by atoms with E-state index in [-0.39, 0.29) is 12.5 Å². The van der Waals surface area contributed by atoms with Crippen LogP contribution in [0.25, 0.3) is 0 Å². The van der Waals surface area contributed by atoms with Gasteiger partial charge in [0.1, 0.15) is 0 Å². The van der Waals surface area contributed by atoms with E-state index in [1.807, 2.05) is 0 Å². The monoisotopic (exact) mass is 291 g/mol. The number of hydrogen-bond acceptors (Lipinski definition) is 2. The molecule has 0 atom stereocenters. The minimum Gasteiger partial charge on any atom is -0.481 e. The first-order valence-corrected chi connectivity index (χ1v) is 7.37. The zero-order chi connectivity index (χ0) is 15.9. The summed E-state index contributed by atoms with van der Waals surface area (Å²) in [6.45, 7) is 5.44. The lowest BCUT2D eigenvalue weighted by molar-refractivity contribution is -0.146. The van der Waals surface area contributed by atoms with Gasteiger partial charge in [-0.3, -0.25) is 9.59 Å². The molecule has 0 unspecified atom stereocenters. The Hall–Kier alpha value is -1.84. The number of aliphatic carboxylic acids is 1. The smallest absolute Gasteiger partial charge is 0.310 e. The Morgan fingerprint density at radius 1 is 1.14 bits per heavy atom. The van der Waals surface area contributed by atoms with Crippen molar-refractivity contribution in [3.05, 3.63) is 35.4 Å². The number of nitrogens with one attached hydrogen (secondary N) is 1. The Morgan fingerprint density at radius 3 is 2.33 bits per heavy atom. The van der Waals surface area contributed by atoms with Gasteiger partial charge >= 0.3 is 5.97 Å². The highest BCUT2D eigenvalue weighted by Gasteiger charge is 2.27. The van der Waals surface area contributed by atoms with Crippen LogP contribution in [-0.4, -0.2) is 23.5 Å². The molecule has 1 aromatic rings. The molecule has 0 fully saturated rings. The molecule has 116 valence electrons. The largest absolute Gasteiger partial charge is 0.481 e. The van der Waals surface area contributed by atoms with Crippen LogP contribution in [-0.2, 0) is 16.0 Å². The highest BCUT2D eigenvalue weighted by molar-refractivity contribution is 5.78. The number of carboxylic acid groups (broad SMARTS) is 1. The number of benzene rings is 1. The summed E-state index contributed by atoms with van der Waals surface area (Å²) in [7, 11) is 0. The first-order chi connectivity index (χ1) is 9.81. The highest BCUT2D eigenvalue weighted by Crippen LogP contribution is 2.13. The summed E-state index contributed by atoms with van der Waals surface area (Å²) in [5.74, 6) is -0.976. The predicted molar refractivity (Wildman–Crippen MR) is 83.2 cm³/mol. The third kappa shape index (κ3) is 6.43. The zero-order valence-corrected chi connectivity index (χ0v) is 13.1. The number of hydrogen-bond donors (Lipinski definition) is 2. The van der Waals surface area contributed by atoms with Crippen molar-refractivity contribution in [3.8, 4) is 0 Å². The first kappa shape index (κ1) is 17.2. The second-order valence-electron chi connectivity index (χ2n) is 6.16. The van der Waals surface area contributed by atoms with Crippen LogP contribution in [0.2, 0.25) is 0 Å². The molecule has 4 nitrogen and oxygen atoms in total. The molecule has 1 rings (SSSR count). The summed E-state index contributed by atoms with van der Waals surface area (Å²) >= 11 is 0. The molecule has 0 radical (unpaired) electrons. The van der Waals surface area contributed by atoms with Gasteiger partial charge in [0.05, 0.1) is 5.41 Å². The Bertz CT molecular complexity index is 477. The number of aryl methyl sites for hydroxylation is 2. The highest BCUT2D eigenvalue weighted by atomic mass is 16.4. The predicted octanol–water partition coefficient (Wildman–Crippen LogP) is 2.93. The van der Waals surface area contributed by atoms with E-state index >= 15 is 0 Å².